The Bertz CT molecular complexity index is 257. The van der Waals surface area contributed by atoms with Gasteiger partial charge >= 0.3 is 0 Å². The van der Waals surface area contributed by atoms with Gasteiger partial charge in [-0.2, -0.15) is 0 Å². The first-order valence-electron chi connectivity index (χ1n) is 4.93. The van der Waals surface area contributed by atoms with Gasteiger partial charge in [-0.3, -0.25) is 0 Å². The third-order valence-electron chi connectivity index (χ3n) is 2.53. The van der Waals surface area contributed by atoms with E-state index in [1.807, 2.05) is 24.3 Å². The van der Waals surface area contributed by atoms with Crippen LogP contribution in [0.2, 0.25) is 0 Å². The van der Waals surface area contributed by atoms with Gasteiger partial charge in [-0.15, -0.1) is 0 Å². The topological polar surface area (TPSA) is 9.23 Å². The summed E-state index contributed by atoms with van der Waals surface area (Å²) in [6, 6.07) is 7.98. The average Bonchev–Trinajstić information content (AvgIpc) is 2.62. The van der Waals surface area contributed by atoms with E-state index < -0.39 is 0 Å². The fourth-order valence-electron chi connectivity index (χ4n) is 1.77. The predicted octanol–water partition coefficient (Wildman–Crippen LogP) is 3.19. The largest absolute Gasteiger partial charge is 0.490 e. The smallest absolute Gasteiger partial charge is 0.119 e. The molecule has 0 spiro atoms. The van der Waals surface area contributed by atoms with E-state index in [0.717, 1.165) is 11.3 Å². The highest BCUT2D eigenvalue weighted by molar-refractivity contribution is 5.28. The maximum atomic E-state index is 5.80. The van der Waals surface area contributed by atoms with Crippen molar-refractivity contribution in [2.24, 2.45) is 0 Å². The lowest BCUT2D eigenvalue weighted by molar-refractivity contribution is 0.210. The molecule has 0 N–H and O–H groups in total. The molecule has 0 saturated heterocycles. The monoisotopic (exact) mass is 175 g/mol. The van der Waals surface area contributed by atoms with E-state index in [4.69, 9.17) is 4.74 Å². The molecule has 0 atom stereocenters. The summed E-state index contributed by atoms with van der Waals surface area (Å²) in [7, 11) is 0. The second-order valence-electron chi connectivity index (χ2n) is 3.67. The van der Waals surface area contributed by atoms with Crippen LogP contribution in [-0.2, 0) is 0 Å². The van der Waals surface area contributed by atoms with Crippen molar-refractivity contribution in [3.63, 3.8) is 0 Å². The van der Waals surface area contributed by atoms with E-state index >= 15 is 0 Å². The van der Waals surface area contributed by atoms with Crippen molar-refractivity contribution in [3.05, 3.63) is 36.8 Å². The average molecular weight is 175 g/mol. The SMILES string of the molecule is [CH2]c1ccc(OC2CCCC2)cc1. The van der Waals surface area contributed by atoms with Crippen LogP contribution in [0.25, 0.3) is 0 Å². The summed E-state index contributed by atoms with van der Waals surface area (Å²) in [6.07, 6.45) is 5.52. The lowest BCUT2D eigenvalue weighted by atomic mass is 10.2. The van der Waals surface area contributed by atoms with Crippen molar-refractivity contribution in [1.29, 1.82) is 0 Å². The molecule has 0 unspecified atom stereocenters. The van der Waals surface area contributed by atoms with Gasteiger partial charge in [0.1, 0.15) is 5.75 Å². The molecule has 0 amide bonds. The Labute approximate surface area is 79.7 Å². The fourth-order valence-corrected chi connectivity index (χ4v) is 1.77. The molecule has 0 heterocycles. The second kappa shape index (κ2) is 3.82. The molecular weight excluding hydrogens is 160 g/mol. The summed E-state index contributed by atoms with van der Waals surface area (Å²) in [5.41, 5.74) is 1.04. The number of ether oxygens (including phenoxy) is 1. The molecule has 0 aromatic heterocycles. The quantitative estimate of drug-likeness (QED) is 0.670. The number of hydrogen-bond donors (Lipinski definition) is 0. The van der Waals surface area contributed by atoms with Gasteiger partial charge in [0.05, 0.1) is 6.10 Å². The third kappa shape index (κ3) is 2.24. The first-order chi connectivity index (χ1) is 6.34. The van der Waals surface area contributed by atoms with Crippen molar-refractivity contribution >= 4 is 0 Å². The second-order valence-corrected chi connectivity index (χ2v) is 3.67. The van der Waals surface area contributed by atoms with Gasteiger partial charge in [0.15, 0.2) is 0 Å². The fraction of sp³-hybridized carbons (Fsp3) is 0.417. The maximum absolute atomic E-state index is 5.80. The van der Waals surface area contributed by atoms with E-state index in [9.17, 15) is 0 Å². The van der Waals surface area contributed by atoms with E-state index in [1.165, 1.54) is 25.7 Å². The van der Waals surface area contributed by atoms with Gasteiger partial charge in [-0.05, 0) is 50.3 Å². The van der Waals surface area contributed by atoms with Gasteiger partial charge in [-0.1, -0.05) is 12.1 Å². The van der Waals surface area contributed by atoms with Crippen molar-refractivity contribution in [3.8, 4) is 5.75 Å². The van der Waals surface area contributed by atoms with Crippen LogP contribution in [0.3, 0.4) is 0 Å². The Morgan fingerprint density at radius 2 is 1.69 bits per heavy atom. The Morgan fingerprint density at radius 3 is 2.31 bits per heavy atom. The molecule has 1 heteroatoms. The van der Waals surface area contributed by atoms with Crippen molar-refractivity contribution in [1.82, 2.24) is 0 Å². The first kappa shape index (κ1) is 8.61. The minimum atomic E-state index is 0.454. The molecule has 1 saturated carbocycles. The molecular formula is C12H15O. The summed E-state index contributed by atoms with van der Waals surface area (Å²) in [5.74, 6) is 0.985. The molecule has 0 bridgehead atoms. The molecule has 69 valence electrons. The molecule has 0 aliphatic heterocycles. The molecule has 1 aromatic rings. The summed E-state index contributed by atoms with van der Waals surface area (Å²) in [5, 5.41) is 0. The van der Waals surface area contributed by atoms with Gasteiger partial charge in [0, 0.05) is 0 Å². The van der Waals surface area contributed by atoms with Crippen LogP contribution in [0.5, 0.6) is 5.75 Å². The Balaban J connectivity index is 1.97. The molecule has 1 aliphatic rings. The normalized spacial score (nSPS) is 17.6. The summed E-state index contributed by atoms with van der Waals surface area (Å²) in [4.78, 5) is 0. The Morgan fingerprint density at radius 1 is 1.08 bits per heavy atom. The minimum Gasteiger partial charge on any atom is -0.490 e. The number of hydrogen-bond acceptors (Lipinski definition) is 1. The van der Waals surface area contributed by atoms with Crippen molar-refractivity contribution in [2.75, 3.05) is 0 Å². The summed E-state index contributed by atoms with van der Waals surface area (Å²) >= 11 is 0. The van der Waals surface area contributed by atoms with Crippen LogP contribution >= 0.6 is 0 Å². The highest BCUT2D eigenvalue weighted by Gasteiger charge is 2.15. The minimum absolute atomic E-state index is 0.454. The summed E-state index contributed by atoms with van der Waals surface area (Å²) in [6.45, 7) is 3.84. The standard InChI is InChI=1S/C12H15O/c1-10-6-8-12(9-7-10)13-11-4-2-3-5-11/h6-9,11H,1-5H2. The highest BCUT2D eigenvalue weighted by atomic mass is 16.5. The van der Waals surface area contributed by atoms with Crippen LogP contribution in [0, 0.1) is 6.92 Å². The van der Waals surface area contributed by atoms with E-state index in [1.54, 1.807) is 0 Å². The Hall–Kier alpha value is -0.980. The van der Waals surface area contributed by atoms with Gasteiger partial charge in [0.2, 0.25) is 0 Å². The zero-order valence-electron chi connectivity index (χ0n) is 7.83. The molecule has 13 heavy (non-hydrogen) atoms. The predicted molar refractivity (Wildman–Crippen MR) is 53.8 cm³/mol. The Kier molecular flexibility index (Phi) is 2.53. The van der Waals surface area contributed by atoms with Gasteiger partial charge in [0.25, 0.3) is 0 Å². The molecule has 1 aliphatic carbocycles. The molecule has 1 radical (unpaired) electrons. The van der Waals surface area contributed by atoms with E-state index in [-0.39, 0.29) is 0 Å². The van der Waals surface area contributed by atoms with Gasteiger partial charge < -0.3 is 4.74 Å². The lowest BCUT2D eigenvalue weighted by Crippen LogP contribution is -2.10. The van der Waals surface area contributed by atoms with Crippen LogP contribution in [0.15, 0.2) is 24.3 Å². The lowest BCUT2D eigenvalue weighted by Gasteiger charge is -2.12. The van der Waals surface area contributed by atoms with Crippen molar-refractivity contribution < 1.29 is 4.74 Å². The first-order valence-corrected chi connectivity index (χ1v) is 4.93. The van der Waals surface area contributed by atoms with E-state index in [0.29, 0.717) is 6.10 Å². The van der Waals surface area contributed by atoms with Crippen molar-refractivity contribution in [2.45, 2.75) is 31.8 Å². The molecule has 1 nitrogen and oxygen atoms in total. The number of benzene rings is 1. The zero-order chi connectivity index (χ0) is 9.10. The molecule has 1 aromatic carbocycles. The highest BCUT2D eigenvalue weighted by Crippen LogP contribution is 2.23. The third-order valence-corrected chi connectivity index (χ3v) is 2.53. The molecule has 2 rings (SSSR count). The number of rotatable bonds is 2. The van der Waals surface area contributed by atoms with Crippen LogP contribution in [0.4, 0.5) is 0 Å². The van der Waals surface area contributed by atoms with Crippen LogP contribution < -0.4 is 4.74 Å². The van der Waals surface area contributed by atoms with Crippen LogP contribution in [0.1, 0.15) is 31.2 Å². The maximum Gasteiger partial charge on any atom is 0.119 e. The molecule has 1 fully saturated rings. The van der Waals surface area contributed by atoms with E-state index in [2.05, 4.69) is 6.92 Å². The summed E-state index contributed by atoms with van der Waals surface area (Å²) < 4.78 is 5.80. The zero-order valence-corrected chi connectivity index (χ0v) is 7.83. The van der Waals surface area contributed by atoms with Gasteiger partial charge in [-0.25, -0.2) is 0 Å². The van der Waals surface area contributed by atoms with Crippen LogP contribution in [-0.4, -0.2) is 6.10 Å².